The fourth-order valence-corrected chi connectivity index (χ4v) is 9.44. The number of hydrogen-bond donors (Lipinski definition) is 9. The van der Waals surface area contributed by atoms with E-state index in [0.29, 0.717) is 22.1 Å². The molecule has 334 valence electrons. The third-order valence-corrected chi connectivity index (χ3v) is 13.0. The second-order valence-electron chi connectivity index (χ2n) is 13.5. The number of hydrogen-bond acceptors (Lipinski definition) is 18. The molecule has 0 saturated carbocycles. The lowest BCUT2D eigenvalue weighted by Gasteiger charge is -2.30. The standard InChI is InChI=1S/C30H42Cl2N7O17P3S/c1-30(2,25(43)28(44)35-7-5-21(41)34-8-10-60-9-6-19(40)17-4-3-16(31)11-18(17)32)13-53-59(50,51)56-58(48,49)52-12-20-24(55-57(45,46)47)23(42)29(54-20)39-15-38-22-26(33)36-14-37-27(22)39/h3-4,11,14-15,20,23-25,29,42-43H,5-10,12-13H2,1-2H3,(H,34,41)(H,35,44)(H,48,49)(H,50,51)(H2,33,36,37)(H2,45,46,47)/t20-,23-,24-,25+,29-/m1/s1. The van der Waals surface area contributed by atoms with Crippen LogP contribution in [0.2, 0.25) is 10.0 Å². The third-order valence-electron chi connectivity index (χ3n) is 8.35. The topological polar surface area (TPSA) is 364 Å². The van der Waals surface area contributed by atoms with E-state index in [9.17, 15) is 57.9 Å². The number of anilines is 1. The molecule has 2 amide bonds. The highest BCUT2D eigenvalue weighted by atomic mass is 35.5. The number of ketones is 1. The zero-order valence-electron chi connectivity index (χ0n) is 31.5. The molecule has 2 aromatic heterocycles. The van der Waals surface area contributed by atoms with Crippen LogP contribution in [0.15, 0.2) is 30.9 Å². The van der Waals surface area contributed by atoms with Gasteiger partial charge in [0.2, 0.25) is 11.8 Å². The molecule has 1 aliphatic heterocycles. The van der Waals surface area contributed by atoms with E-state index in [1.807, 2.05) is 0 Å². The van der Waals surface area contributed by atoms with Gasteiger partial charge in [-0.15, -0.1) is 0 Å². The van der Waals surface area contributed by atoms with Gasteiger partial charge in [-0.25, -0.2) is 28.6 Å². The number of carbonyl (C=O) groups is 3. The Kier molecular flexibility index (Phi) is 17.6. The highest BCUT2D eigenvalue weighted by Gasteiger charge is 2.50. The summed E-state index contributed by atoms with van der Waals surface area (Å²) in [5.74, 6) is -0.617. The number of halogens is 2. The molecule has 0 bridgehead atoms. The van der Waals surface area contributed by atoms with E-state index in [0.717, 1.165) is 17.2 Å². The van der Waals surface area contributed by atoms with Gasteiger partial charge in [-0.05, 0) is 18.2 Å². The number of nitrogens with zero attached hydrogens (tertiary/aromatic N) is 4. The van der Waals surface area contributed by atoms with Gasteiger partial charge in [-0.3, -0.25) is 32.5 Å². The van der Waals surface area contributed by atoms with Crippen molar-refractivity contribution in [2.45, 2.75) is 57.3 Å². The van der Waals surface area contributed by atoms with Crippen molar-refractivity contribution in [3.8, 4) is 0 Å². The molecule has 60 heavy (non-hydrogen) atoms. The number of nitrogens with one attached hydrogen (secondary N) is 2. The number of nitrogen functional groups attached to an aromatic ring is 1. The normalized spacial score (nSPS) is 21.0. The summed E-state index contributed by atoms with van der Waals surface area (Å²) in [7, 11) is -16.4. The number of phosphoric ester groups is 3. The molecular formula is C30H42Cl2N7O17P3S. The molecule has 1 aromatic carbocycles. The maximum absolute atomic E-state index is 12.7. The number of fused-ring (bicyclic) bond motifs is 1. The van der Waals surface area contributed by atoms with Crippen molar-refractivity contribution in [2.24, 2.45) is 5.41 Å². The Morgan fingerprint density at radius 2 is 1.72 bits per heavy atom. The molecule has 1 aliphatic rings. The summed E-state index contributed by atoms with van der Waals surface area (Å²) in [6, 6.07) is 4.61. The Balaban J connectivity index is 1.19. The minimum Gasteiger partial charge on any atom is -0.386 e. The predicted molar refractivity (Wildman–Crippen MR) is 212 cm³/mol. The second kappa shape index (κ2) is 21.2. The van der Waals surface area contributed by atoms with Gasteiger partial charge in [0.05, 0.1) is 24.6 Å². The van der Waals surface area contributed by atoms with Gasteiger partial charge in [-0.1, -0.05) is 37.0 Å². The summed E-state index contributed by atoms with van der Waals surface area (Å²) < 4.78 is 62.2. The number of benzene rings is 1. The molecule has 3 aromatic rings. The number of thioether (sulfide) groups is 1. The van der Waals surface area contributed by atoms with Crippen LogP contribution in [0, 0.1) is 5.41 Å². The number of amides is 2. The molecule has 4 rings (SSSR count). The van der Waals surface area contributed by atoms with E-state index in [4.69, 9.17) is 42.7 Å². The smallest absolute Gasteiger partial charge is 0.386 e. The van der Waals surface area contributed by atoms with Crippen molar-refractivity contribution in [1.29, 1.82) is 0 Å². The maximum Gasteiger partial charge on any atom is 0.481 e. The van der Waals surface area contributed by atoms with Crippen LogP contribution < -0.4 is 16.4 Å². The summed E-state index contributed by atoms with van der Waals surface area (Å²) in [6.45, 7) is 0.545. The average Bonchev–Trinajstić information content (AvgIpc) is 3.70. The number of nitrogens with two attached hydrogens (primary N) is 1. The molecule has 10 N–H and O–H groups in total. The number of carbonyl (C=O) groups excluding carboxylic acids is 3. The van der Waals surface area contributed by atoms with Crippen LogP contribution in [-0.2, 0) is 45.9 Å². The molecule has 0 spiro atoms. The third kappa shape index (κ3) is 14.5. The molecule has 1 fully saturated rings. The zero-order chi connectivity index (χ0) is 44.6. The van der Waals surface area contributed by atoms with E-state index >= 15 is 0 Å². The van der Waals surface area contributed by atoms with E-state index in [1.54, 1.807) is 12.1 Å². The SMILES string of the molecule is CC(C)(COP(=O)(O)OP(=O)(O)OC[C@H]1O[C@@H](n2cnc3c(N)ncnc32)[C@H](O)[C@@H]1OP(=O)(O)O)[C@@H](O)C(=O)NCCC(=O)NCCSCCC(=O)c1ccc(Cl)cc1Cl. The van der Waals surface area contributed by atoms with Gasteiger partial charge in [0.15, 0.2) is 23.5 Å². The van der Waals surface area contributed by atoms with Crippen LogP contribution in [0.1, 0.15) is 43.3 Å². The van der Waals surface area contributed by atoms with Crippen LogP contribution in [-0.4, -0.2) is 129 Å². The Morgan fingerprint density at radius 3 is 2.40 bits per heavy atom. The Bertz CT molecular complexity index is 2170. The number of aliphatic hydroxyl groups is 2. The molecule has 24 nitrogen and oxygen atoms in total. The average molecular weight is 969 g/mol. The van der Waals surface area contributed by atoms with Gasteiger partial charge in [0, 0.05) is 53.4 Å². The molecule has 3 heterocycles. The Labute approximate surface area is 355 Å². The van der Waals surface area contributed by atoms with E-state index in [1.165, 1.54) is 31.7 Å². The number of aromatic nitrogens is 4. The van der Waals surface area contributed by atoms with Crippen molar-refractivity contribution < 1.29 is 80.5 Å². The lowest BCUT2D eigenvalue weighted by Crippen LogP contribution is -2.46. The van der Waals surface area contributed by atoms with Gasteiger partial charge in [-0.2, -0.15) is 16.1 Å². The summed E-state index contributed by atoms with van der Waals surface area (Å²) in [6.07, 6.45) is -6.72. The highest BCUT2D eigenvalue weighted by Crippen LogP contribution is 2.61. The van der Waals surface area contributed by atoms with Crippen LogP contribution in [0.4, 0.5) is 5.82 Å². The fraction of sp³-hybridized carbons (Fsp3) is 0.533. The molecule has 7 atom stereocenters. The van der Waals surface area contributed by atoms with E-state index in [-0.39, 0.29) is 53.7 Å². The van der Waals surface area contributed by atoms with Crippen molar-refractivity contribution in [3.63, 3.8) is 0 Å². The van der Waals surface area contributed by atoms with Gasteiger partial charge >= 0.3 is 23.5 Å². The molecule has 2 unspecified atom stereocenters. The van der Waals surface area contributed by atoms with Crippen LogP contribution >= 0.6 is 58.4 Å². The predicted octanol–water partition coefficient (Wildman–Crippen LogP) is 1.72. The van der Waals surface area contributed by atoms with Gasteiger partial charge in [0.25, 0.3) is 0 Å². The van der Waals surface area contributed by atoms with Crippen LogP contribution in [0.3, 0.4) is 0 Å². The van der Waals surface area contributed by atoms with E-state index < -0.39 is 84.6 Å². The van der Waals surface area contributed by atoms with Crippen molar-refractivity contribution in [3.05, 3.63) is 46.5 Å². The number of rotatable bonds is 23. The summed E-state index contributed by atoms with van der Waals surface area (Å²) >= 11 is 13.3. The van der Waals surface area contributed by atoms with E-state index in [2.05, 4.69) is 34.4 Å². The number of Topliss-reactive ketones (excluding diaryl/α,β-unsaturated/α-hetero) is 1. The number of imidazole rings is 1. The van der Waals surface area contributed by atoms with Gasteiger partial charge < -0.3 is 50.9 Å². The van der Waals surface area contributed by atoms with Crippen LogP contribution in [0.5, 0.6) is 0 Å². The zero-order valence-corrected chi connectivity index (χ0v) is 36.5. The summed E-state index contributed by atoms with van der Waals surface area (Å²) in [4.78, 5) is 88.2. The monoisotopic (exact) mass is 967 g/mol. The lowest BCUT2D eigenvalue weighted by molar-refractivity contribution is -0.137. The Morgan fingerprint density at radius 1 is 1.02 bits per heavy atom. The fourth-order valence-electron chi connectivity index (χ4n) is 5.32. The number of phosphoric acid groups is 3. The number of aliphatic hydroxyl groups excluding tert-OH is 2. The molecule has 0 aliphatic carbocycles. The molecule has 30 heteroatoms. The molecule has 1 saturated heterocycles. The van der Waals surface area contributed by atoms with Gasteiger partial charge in [0.1, 0.15) is 36.3 Å². The second-order valence-corrected chi connectivity index (χ2v) is 19.8. The summed E-state index contributed by atoms with van der Waals surface area (Å²) in [5, 5.41) is 27.2. The highest BCUT2D eigenvalue weighted by molar-refractivity contribution is 7.99. The van der Waals surface area contributed by atoms with Crippen molar-refractivity contribution >= 4 is 93.0 Å². The first-order chi connectivity index (χ1) is 27.9. The minimum absolute atomic E-state index is 0.0266. The first-order valence-corrected chi connectivity index (χ1v) is 23.8. The van der Waals surface area contributed by atoms with Crippen LogP contribution in [0.25, 0.3) is 11.2 Å². The summed E-state index contributed by atoms with van der Waals surface area (Å²) in [5.41, 5.74) is 4.62. The Hall–Kier alpha value is -2.64. The largest absolute Gasteiger partial charge is 0.481 e. The van der Waals surface area contributed by atoms with Crippen molar-refractivity contribution in [1.82, 2.24) is 30.2 Å². The maximum atomic E-state index is 12.7. The lowest BCUT2D eigenvalue weighted by atomic mass is 9.87. The first kappa shape index (κ1) is 50.0. The number of ether oxygens (including phenoxy) is 1. The molecular weight excluding hydrogens is 926 g/mol. The van der Waals surface area contributed by atoms with Crippen molar-refractivity contribution in [2.75, 3.05) is 43.5 Å². The first-order valence-electron chi connectivity index (χ1n) is 17.3. The quantitative estimate of drug-likeness (QED) is 0.0371. The molecule has 0 radical (unpaired) electrons. The minimum atomic E-state index is -5.58.